The molecule has 0 unspecified atom stereocenters. The van der Waals surface area contributed by atoms with Crippen molar-refractivity contribution in [3.05, 3.63) is 47.8 Å². The summed E-state index contributed by atoms with van der Waals surface area (Å²) in [5.74, 6) is 0.351. The minimum absolute atomic E-state index is 0.0152. The van der Waals surface area contributed by atoms with E-state index in [1.807, 2.05) is 13.8 Å². The van der Waals surface area contributed by atoms with Crippen molar-refractivity contribution in [2.24, 2.45) is 16.7 Å². The molecule has 0 spiro atoms. The molecular formula is C25H33FN4O6S. The highest BCUT2D eigenvalue weighted by Gasteiger charge is 2.65. The third-order valence-corrected chi connectivity index (χ3v) is 8.25. The van der Waals surface area contributed by atoms with Crippen molar-refractivity contribution < 1.29 is 31.7 Å². The van der Waals surface area contributed by atoms with Crippen LogP contribution in [0.5, 0.6) is 0 Å². The van der Waals surface area contributed by atoms with Crippen LogP contribution in [0.25, 0.3) is 0 Å². The summed E-state index contributed by atoms with van der Waals surface area (Å²) < 4.78 is 48.6. The Balaban J connectivity index is 0.000000220. The fourth-order valence-corrected chi connectivity index (χ4v) is 6.47. The van der Waals surface area contributed by atoms with E-state index in [0.29, 0.717) is 30.9 Å². The van der Waals surface area contributed by atoms with Crippen molar-refractivity contribution >= 4 is 39.3 Å². The van der Waals surface area contributed by atoms with Crippen molar-refractivity contribution in [2.75, 3.05) is 28.7 Å². The molecule has 1 aromatic carbocycles. The summed E-state index contributed by atoms with van der Waals surface area (Å²) in [6.07, 6.45) is 1.39. The smallest absolute Gasteiger partial charge is 0.411 e. The molecule has 4 rings (SSSR count). The molecule has 202 valence electrons. The molecule has 2 aromatic rings. The molecule has 1 heterocycles. The number of carbonyl (C=O) groups is 2. The van der Waals surface area contributed by atoms with E-state index in [1.54, 1.807) is 31.2 Å². The van der Waals surface area contributed by atoms with E-state index in [9.17, 15) is 22.4 Å². The van der Waals surface area contributed by atoms with Gasteiger partial charge in [-0.15, -0.1) is 0 Å². The molecule has 37 heavy (non-hydrogen) atoms. The molecule has 12 heteroatoms. The number of amides is 1. The zero-order valence-corrected chi connectivity index (χ0v) is 21.9. The van der Waals surface area contributed by atoms with E-state index in [0.717, 1.165) is 12.0 Å². The largest absolute Gasteiger partial charge is 0.450 e. The highest BCUT2D eigenvalue weighted by atomic mass is 32.2. The van der Waals surface area contributed by atoms with Crippen molar-refractivity contribution in [3.63, 3.8) is 0 Å². The second-order valence-electron chi connectivity index (χ2n) is 9.85. The van der Waals surface area contributed by atoms with Crippen LogP contribution in [0.2, 0.25) is 0 Å². The lowest BCUT2D eigenvalue weighted by Gasteiger charge is -2.35. The van der Waals surface area contributed by atoms with Gasteiger partial charge in [-0.1, -0.05) is 26.0 Å². The van der Waals surface area contributed by atoms with E-state index in [4.69, 9.17) is 15.0 Å². The molecule has 2 aliphatic carbocycles. The van der Waals surface area contributed by atoms with Crippen LogP contribution in [0.15, 0.2) is 36.4 Å². The van der Waals surface area contributed by atoms with Crippen LogP contribution >= 0.6 is 0 Å². The average Bonchev–Trinajstić information content (AvgIpc) is 3.14. The van der Waals surface area contributed by atoms with Crippen molar-refractivity contribution in [1.82, 2.24) is 4.98 Å². The lowest BCUT2D eigenvalue weighted by Crippen LogP contribution is -2.42. The highest BCUT2D eigenvalue weighted by molar-refractivity contribution is 7.85. The Labute approximate surface area is 215 Å². The molecule has 1 amide bonds. The van der Waals surface area contributed by atoms with Crippen LogP contribution in [0.4, 0.5) is 26.5 Å². The molecule has 1 aromatic heterocycles. The lowest BCUT2D eigenvalue weighted by molar-refractivity contribution is -0.128. The van der Waals surface area contributed by atoms with Gasteiger partial charge in [-0.2, -0.15) is 8.42 Å². The third kappa shape index (κ3) is 6.55. The Morgan fingerprint density at radius 3 is 2.43 bits per heavy atom. The van der Waals surface area contributed by atoms with Crippen LogP contribution in [0, 0.1) is 22.6 Å². The van der Waals surface area contributed by atoms with Crippen LogP contribution in [0.3, 0.4) is 0 Å². The topological polar surface area (TPSA) is 161 Å². The fraction of sp³-hybridized carbons (Fsp3) is 0.480. The van der Waals surface area contributed by atoms with Gasteiger partial charge in [0.25, 0.3) is 10.1 Å². The number of hydrogen-bond acceptors (Lipinski definition) is 8. The number of hydrogen-bond donors (Lipinski definition) is 4. The normalized spacial score (nSPS) is 21.6. The summed E-state index contributed by atoms with van der Waals surface area (Å²) in [5, 5.41) is 5.57. The van der Waals surface area contributed by atoms with Crippen molar-refractivity contribution in [3.8, 4) is 0 Å². The van der Waals surface area contributed by atoms with Gasteiger partial charge in [-0.05, 0) is 60.9 Å². The average molecular weight is 537 g/mol. The van der Waals surface area contributed by atoms with Gasteiger partial charge in [-0.25, -0.2) is 14.2 Å². The number of nitrogen functional groups attached to an aromatic ring is 1. The number of halogens is 1. The number of aromatic nitrogens is 1. The summed E-state index contributed by atoms with van der Waals surface area (Å²) in [7, 11) is -4.08. The van der Waals surface area contributed by atoms with Gasteiger partial charge in [0.2, 0.25) is 0 Å². The number of ether oxygens (including phenoxy) is 1. The zero-order chi connectivity index (χ0) is 27.4. The van der Waals surface area contributed by atoms with E-state index in [-0.39, 0.29) is 35.4 Å². The number of pyridine rings is 1. The van der Waals surface area contributed by atoms with E-state index in [2.05, 4.69) is 15.6 Å². The lowest BCUT2D eigenvalue weighted by atomic mass is 9.70. The summed E-state index contributed by atoms with van der Waals surface area (Å²) in [6, 6.07) is 9.47. The highest BCUT2D eigenvalue weighted by Crippen LogP contribution is 2.64. The maximum Gasteiger partial charge on any atom is 0.411 e. The standard InChI is InChI=1S/C15H17FN4O2.C10H16O4S/c1-2-22-15(21)19-12-7-8-13(20-14(12)17)18-9-10-3-5-11(16)6-4-10;1-9(2)7-3-4-10(9,8(11)5-7)6-15(12,13)14/h3-8H,2,9H2,1H3,(H,19,21)(H3,17,18,20);7H,3-6H2,1-2H3,(H,12,13,14)/t;7-,10-/m.1/s1. The Bertz CT molecular complexity index is 1250. The predicted octanol–water partition coefficient (Wildman–Crippen LogP) is 4.25. The van der Waals surface area contributed by atoms with Gasteiger partial charge >= 0.3 is 6.09 Å². The number of nitrogens with one attached hydrogen (secondary N) is 2. The monoisotopic (exact) mass is 536 g/mol. The molecule has 2 atom stereocenters. The second kappa shape index (κ2) is 11.0. The van der Waals surface area contributed by atoms with E-state index < -0.39 is 27.4 Å². The third-order valence-electron chi connectivity index (χ3n) is 7.39. The van der Waals surface area contributed by atoms with Crippen molar-refractivity contribution in [1.29, 1.82) is 0 Å². The molecule has 2 fully saturated rings. The summed E-state index contributed by atoms with van der Waals surface area (Å²) in [5.41, 5.74) is 5.96. The quantitative estimate of drug-likeness (QED) is 0.379. The molecule has 0 saturated heterocycles. The molecule has 0 aliphatic heterocycles. The maximum absolute atomic E-state index is 12.8. The molecule has 2 bridgehead atoms. The van der Waals surface area contributed by atoms with Crippen LogP contribution in [0.1, 0.15) is 45.6 Å². The second-order valence-corrected chi connectivity index (χ2v) is 11.3. The maximum atomic E-state index is 12.8. The number of Topliss-reactive ketones (excluding diaryl/α,β-unsaturated/α-hetero) is 1. The summed E-state index contributed by atoms with van der Waals surface area (Å²) in [4.78, 5) is 27.3. The number of nitrogens with two attached hydrogens (primary N) is 1. The van der Waals surface area contributed by atoms with Gasteiger partial charge < -0.3 is 15.8 Å². The van der Waals surface area contributed by atoms with Gasteiger partial charge in [0, 0.05) is 13.0 Å². The van der Waals surface area contributed by atoms with Gasteiger partial charge in [0.05, 0.1) is 23.5 Å². The summed E-state index contributed by atoms with van der Waals surface area (Å²) in [6.45, 7) is 6.36. The Morgan fingerprint density at radius 1 is 1.24 bits per heavy atom. The molecule has 0 radical (unpaired) electrons. The van der Waals surface area contributed by atoms with Crippen LogP contribution in [-0.2, 0) is 26.2 Å². The first-order chi connectivity index (χ1) is 17.3. The first-order valence-electron chi connectivity index (χ1n) is 11.9. The van der Waals surface area contributed by atoms with Gasteiger partial charge in [-0.3, -0.25) is 14.7 Å². The van der Waals surface area contributed by atoms with Gasteiger partial charge in [0.1, 0.15) is 23.2 Å². The number of carbonyl (C=O) groups excluding carboxylic acids is 2. The number of nitrogens with zero attached hydrogens (tertiary/aromatic N) is 1. The molecular weight excluding hydrogens is 503 g/mol. The van der Waals surface area contributed by atoms with E-state index >= 15 is 0 Å². The molecule has 2 saturated carbocycles. The Kier molecular flexibility index (Phi) is 8.43. The first-order valence-corrected chi connectivity index (χ1v) is 13.6. The molecule has 5 N–H and O–H groups in total. The van der Waals surface area contributed by atoms with E-state index in [1.165, 1.54) is 12.1 Å². The molecule has 2 aliphatic rings. The Hall–Kier alpha value is -3.25. The van der Waals surface area contributed by atoms with Gasteiger partial charge in [0.15, 0.2) is 0 Å². The zero-order valence-electron chi connectivity index (χ0n) is 21.1. The van der Waals surface area contributed by atoms with Crippen molar-refractivity contribution in [2.45, 2.75) is 46.6 Å². The number of anilines is 3. The predicted molar refractivity (Wildman–Crippen MR) is 138 cm³/mol. The SMILES string of the molecule is CC1(C)[C@@H]2CC[C@@]1(CS(=O)(=O)O)C(=O)C2.CCOC(=O)Nc1ccc(NCc2ccc(F)cc2)nc1N. The molecule has 10 nitrogen and oxygen atoms in total. The number of fused-ring (bicyclic) bond motifs is 2. The number of rotatable bonds is 7. The minimum atomic E-state index is -4.08. The van der Waals surface area contributed by atoms with Crippen LogP contribution < -0.4 is 16.4 Å². The minimum Gasteiger partial charge on any atom is -0.450 e. The first kappa shape index (κ1) is 28.3. The van der Waals surface area contributed by atoms with Crippen LogP contribution in [-0.4, -0.2) is 42.2 Å². The number of benzene rings is 1. The number of ketones is 1. The fourth-order valence-electron chi connectivity index (χ4n) is 5.17. The Morgan fingerprint density at radius 2 is 1.92 bits per heavy atom. The summed E-state index contributed by atoms with van der Waals surface area (Å²) >= 11 is 0.